The van der Waals surface area contributed by atoms with E-state index < -0.39 is 24.0 Å². The van der Waals surface area contributed by atoms with Crippen LogP contribution in [0, 0.1) is 6.92 Å². The second-order valence-electron chi connectivity index (χ2n) is 6.43. The number of amides is 1. The molecule has 0 fully saturated rings. The Morgan fingerprint density at radius 1 is 1.11 bits per heavy atom. The van der Waals surface area contributed by atoms with Crippen LogP contribution in [0.5, 0.6) is 0 Å². The fraction of sp³-hybridized carbons (Fsp3) is 0.250. The first-order valence-corrected chi connectivity index (χ1v) is 8.87. The van der Waals surface area contributed by atoms with E-state index in [0.29, 0.717) is 12.1 Å². The molecule has 0 aliphatic carbocycles. The third-order valence-corrected chi connectivity index (χ3v) is 4.21. The van der Waals surface area contributed by atoms with Gasteiger partial charge in [-0.2, -0.15) is 0 Å². The van der Waals surface area contributed by atoms with Crippen LogP contribution in [0.1, 0.15) is 24.1 Å². The van der Waals surface area contributed by atoms with Gasteiger partial charge in [0.05, 0.1) is 0 Å². The normalized spacial score (nSPS) is 12.8. The predicted octanol–water partition coefficient (Wildman–Crippen LogP) is 2.34. The number of aromatic nitrogens is 4. The van der Waals surface area contributed by atoms with Crippen LogP contribution >= 0.6 is 0 Å². The number of rotatable bonds is 7. The van der Waals surface area contributed by atoms with Gasteiger partial charge in [-0.1, -0.05) is 48.0 Å². The quantitative estimate of drug-likeness (QED) is 0.633. The molecule has 2 atom stereocenters. The number of anilines is 1. The van der Waals surface area contributed by atoms with Crippen molar-refractivity contribution in [2.24, 2.45) is 0 Å². The van der Waals surface area contributed by atoms with Crippen LogP contribution in [-0.2, 0) is 20.7 Å². The third kappa shape index (κ3) is 5.00. The summed E-state index contributed by atoms with van der Waals surface area (Å²) in [6.07, 6.45) is 0.728. The monoisotopic (exact) mass is 379 g/mol. The highest BCUT2D eigenvalue weighted by atomic mass is 16.5. The highest BCUT2D eigenvalue weighted by Crippen LogP contribution is 2.16. The highest BCUT2D eigenvalue weighted by Gasteiger charge is 2.27. The first kappa shape index (κ1) is 19.2. The topological polar surface area (TPSA) is 99.0 Å². The van der Waals surface area contributed by atoms with Crippen molar-refractivity contribution >= 4 is 17.6 Å². The van der Waals surface area contributed by atoms with Crippen LogP contribution in [0.3, 0.4) is 0 Å². The molecule has 3 rings (SSSR count). The van der Waals surface area contributed by atoms with Crippen LogP contribution in [0.2, 0.25) is 0 Å². The summed E-state index contributed by atoms with van der Waals surface area (Å²) in [5.74, 6) is -0.991. The average Bonchev–Trinajstić information content (AvgIpc) is 3.23. The predicted molar refractivity (Wildman–Crippen MR) is 102 cm³/mol. The van der Waals surface area contributed by atoms with Crippen molar-refractivity contribution < 1.29 is 14.3 Å². The molecule has 0 aliphatic heterocycles. The van der Waals surface area contributed by atoms with Crippen molar-refractivity contribution in [2.75, 3.05) is 5.32 Å². The van der Waals surface area contributed by atoms with E-state index in [9.17, 15) is 9.59 Å². The average molecular weight is 379 g/mol. The molecule has 0 unspecified atom stereocenters. The van der Waals surface area contributed by atoms with Gasteiger partial charge >= 0.3 is 5.97 Å². The second-order valence-corrected chi connectivity index (χ2v) is 6.43. The number of nitrogens with one attached hydrogen (secondary N) is 1. The molecule has 28 heavy (non-hydrogen) atoms. The standard InChI is InChI=1S/C20H21N5O3/c1-14-8-10-17(11-9-14)22-19(26)15(2)28-20(27)18(25-13-21-23-24-25)12-16-6-4-3-5-7-16/h3-11,13,15,18H,12H2,1-2H3,(H,22,26)/t15-,18-/m1/s1. The molecule has 0 saturated carbocycles. The zero-order valence-electron chi connectivity index (χ0n) is 15.6. The second kappa shape index (κ2) is 8.90. The Morgan fingerprint density at radius 3 is 2.46 bits per heavy atom. The van der Waals surface area contributed by atoms with Crippen molar-refractivity contribution in [3.8, 4) is 0 Å². The van der Waals surface area contributed by atoms with E-state index in [1.54, 1.807) is 12.1 Å². The van der Waals surface area contributed by atoms with Gasteiger partial charge in [0, 0.05) is 12.1 Å². The first-order chi connectivity index (χ1) is 13.5. The molecule has 1 heterocycles. The molecule has 0 spiro atoms. The number of carbonyl (C=O) groups excluding carboxylic acids is 2. The van der Waals surface area contributed by atoms with Gasteiger partial charge in [0.2, 0.25) is 0 Å². The molecule has 8 nitrogen and oxygen atoms in total. The number of nitrogens with zero attached hydrogens (tertiary/aromatic N) is 4. The summed E-state index contributed by atoms with van der Waals surface area (Å²) in [5, 5.41) is 13.7. The highest BCUT2D eigenvalue weighted by molar-refractivity contribution is 5.95. The largest absolute Gasteiger partial charge is 0.451 e. The van der Waals surface area contributed by atoms with Crippen LogP contribution in [0.4, 0.5) is 5.69 Å². The number of benzene rings is 2. The van der Waals surface area contributed by atoms with Gasteiger partial charge in [0.25, 0.3) is 5.91 Å². The van der Waals surface area contributed by atoms with Gasteiger partial charge in [-0.05, 0) is 42.0 Å². The molecule has 1 aromatic heterocycles. The third-order valence-electron chi connectivity index (χ3n) is 4.21. The van der Waals surface area contributed by atoms with Gasteiger partial charge in [0.15, 0.2) is 12.1 Å². The van der Waals surface area contributed by atoms with E-state index in [4.69, 9.17) is 4.74 Å². The maximum Gasteiger partial charge on any atom is 0.332 e. The molecule has 0 saturated heterocycles. The minimum absolute atomic E-state index is 0.344. The van der Waals surface area contributed by atoms with Gasteiger partial charge < -0.3 is 10.1 Å². The maximum absolute atomic E-state index is 12.7. The number of hydrogen-bond donors (Lipinski definition) is 1. The lowest BCUT2D eigenvalue weighted by Gasteiger charge is -2.19. The summed E-state index contributed by atoms with van der Waals surface area (Å²) in [7, 11) is 0. The smallest absolute Gasteiger partial charge is 0.332 e. The number of tetrazole rings is 1. The van der Waals surface area contributed by atoms with Gasteiger partial charge in [0.1, 0.15) is 6.33 Å². The maximum atomic E-state index is 12.7. The summed E-state index contributed by atoms with van der Waals surface area (Å²) in [5.41, 5.74) is 2.65. The fourth-order valence-corrected chi connectivity index (χ4v) is 2.62. The summed E-state index contributed by atoms with van der Waals surface area (Å²) in [6.45, 7) is 3.49. The lowest BCUT2D eigenvalue weighted by molar-refractivity contribution is -0.156. The number of carbonyl (C=O) groups is 2. The van der Waals surface area contributed by atoms with E-state index in [0.717, 1.165) is 11.1 Å². The molecule has 0 aliphatic rings. The van der Waals surface area contributed by atoms with E-state index in [1.165, 1.54) is 17.9 Å². The van der Waals surface area contributed by atoms with E-state index in [-0.39, 0.29) is 0 Å². The minimum Gasteiger partial charge on any atom is -0.451 e. The molecule has 144 valence electrons. The van der Waals surface area contributed by atoms with Crippen molar-refractivity contribution in [2.45, 2.75) is 32.4 Å². The molecule has 1 N–H and O–H groups in total. The van der Waals surface area contributed by atoms with Crippen LogP contribution in [0.25, 0.3) is 0 Å². The number of aryl methyl sites for hydroxylation is 1. The van der Waals surface area contributed by atoms with Crippen molar-refractivity contribution in [3.63, 3.8) is 0 Å². The zero-order chi connectivity index (χ0) is 19.9. The van der Waals surface area contributed by atoms with E-state index >= 15 is 0 Å². The van der Waals surface area contributed by atoms with Gasteiger partial charge in [-0.15, -0.1) is 5.10 Å². The first-order valence-electron chi connectivity index (χ1n) is 8.87. The van der Waals surface area contributed by atoms with Crippen LogP contribution in [-0.4, -0.2) is 38.2 Å². The van der Waals surface area contributed by atoms with E-state index in [2.05, 4.69) is 20.8 Å². The summed E-state index contributed by atoms with van der Waals surface area (Å²) in [6, 6.07) is 16.1. The Hall–Kier alpha value is -3.55. The Balaban J connectivity index is 1.66. The summed E-state index contributed by atoms with van der Waals surface area (Å²) in [4.78, 5) is 25.1. The van der Waals surface area contributed by atoms with Gasteiger partial charge in [-0.3, -0.25) is 4.79 Å². The zero-order valence-corrected chi connectivity index (χ0v) is 15.6. The van der Waals surface area contributed by atoms with E-state index in [1.807, 2.05) is 49.4 Å². The van der Waals surface area contributed by atoms with Crippen LogP contribution in [0.15, 0.2) is 60.9 Å². The molecule has 8 heteroatoms. The molecular weight excluding hydrogens is 358 g/mol. The molecule has 0 radical (unpaired) electrons. The van der Waals surface area contributed by atoms with Gasteiger partial charge in [-0.25, -0.2) is 9.48 Å². The van der Waals surface area contributed by atoms with Crippen molar-refractivity contribution in [1.29, 1.82) is 0 Å². The molecule has 0 bridgehead atoms. The summed E-state index contributed by atoms with van der Waals surface area (Å²) < 4.78 is 6.73. The van der Waals surface area contributed by atoms with Crippen LogP contribution < -0.4 is 5.32 Å². The number of esters is 1. The summed E-state index contributed by atoms with van der Waals surface area (Å²) >= 11 is 0. The molecule has 2 aromatic carbocycles. The number of ether oxygens (including phenoxy) is 1. The molecule has 1 amide bonds. The Morgan fingerprint density at radius 2 is 1.82 bits per heavy atom. The molecule has 3 aromatic rings. The van der Waals surface area contributed by atoms with Crippen molar-refractivity contribution in [1.82, 2.24) is 20.2 Å². The lowest BCUT2D eigenvalue weighted by Crippen LogP contribution is -2.34. The SMILES string of the molecule is Cc1ccc(NC(=O)[C@@H](C)OC(=O)[C@@H](Cc2ccccc2)n2cnnn2)cc1. The fourth-order valence-electron chi connectivity index (χ4n) is 2.62. The van der Waals surface area contributed by atoms with Crippen molar-refractivity contribution in [3.05, 3.63) is 72.1 Å². The number of hydrogen-bond acceptors (Lipinski definition) is 6. The molecular formula is C20H21N5O3. The Labute approximate surface area is 162 Å². The minimum atomic E-state index is -0.969. The Kier molecular flexibility index (Phi) is 6.11. The lowest BCUT2D eigenvalue weighted by atomic mass is 10.1. The Bertz CT molecular complexity index is 911.